The molecule has 0 rings (SSSR count). The third-order valence-corrected chi connectivity index (χ3v) is 3.03. The van der Waals surface area contributed by atoms with Crippen molar-refractivity contribution in [3.63, 3.8) is 0 Å². The molecule has 0 saturated heterocycles. The molecule has 2 N–H and O–H groups in total. The van der Waals surface area contributed by atoms with Crippen molar-refractivity contribution in [3.8, 4) is 0 Å². The molecule has 4 nitrogen and oxygen atoms in total. The molecule has 0 bridgehead atoms. The van der Waals surface area contributed by atoms with Gasteiger partial charge in [0.25, 0.3) is 0 Å². The smallest absolute Gasteiger partial charge is 0.303 e. The number of hydrogen-bond acceptors (Lipinski definition) is 3. The molecule has 0 aromatic rings. The van der Waals surface area contributed by atoms with E-state index in [0.717, 1.165) is 0 Å². The van der Waals surface area contributed by atoms with E-state index < -0.39 is 16.7 Å². The first-order valence-electron chi connectivity index (χ1n) is 4.55. The van der Waals surface area contributed by atoms with Crippen LogP contribution in [0.4, 0.5) is 0 Å². The number of aliphatic carboxylic acids is 2. The van der Waals surface area contributed by atoms with Crippen molar-refractivity contribution in [1.82, 2.24) is 0 Å². The Kier molecular flexibility index (Phi) is 5.60. The maximum atomic E-state index is 10.3. The topological polar surface area (TPSA) is 74.6 Å². The van der Waals surface area contributed by atoms with E-state index in [1.54, 1.807) is 0 Å². The van der Waals surface area contributed by atoms with Crippen LogP contribution in [0.5, 0.6) is 0 Å². The number of carboxylic acids is 2. The summed E-state index contributed by atoms with van der Waals surface area (Å²) in [4.78, 5) is 20.7. The fraction of sp³-hybridized carbons (Fsp3) is 0.778. The van der Waals surface area contributed by atoms with Crippen molar-refractivity contribution in [1.29, 1.82) is 0 Å². The van der Waals surface area contributed by atoms with Crippen molar-refractivity contribution in [3.05, 3.63) is 0 Å². The molecule has 0 aliphatic rings. The van der Waals surface area contributed by atoms with Gasteiger partial charge in [-0.15, -0.1) is 0 Å². The Morgan fingerprint density at radius 3 is 1.71 bits per heavy atom. The van der Waals surface area contributed by atoms with Gasteiger partial charge in [-0.1, -0.05) is 6.92 Å². The van der Waals surface area contributed by atoms with Gasteiger partial charge in [-0.2, -0.15) is 12.6 Å². The highest BCUT2D eigenvalue weighted by atomic mass is 32.1. The SMILES string of the molecule is CCC(S)(CCC(=O)O)CCC(=O)O. The average molecular weight is 220 g/mol. The fourth-order valence-corrected chi connectivity index (χ4v) is 1.38. The molecular formula is C9H16O4S. The van der Waals surface area contributed by atoms with Gasteiger partial charge >= 0.3 is 11.9 Å². The van der Waals surface area contributed by atoms with E-state index in [1.165, 1.54) is 0 Å². The number of carbonyl (C=O) groups is 2. The minimum absolute atomic E-state index is 0.0386. The zero-order chi connectivity index (χ0) is 11.2. The molecule has 0 saturated carbocycles. The molecule has 0 aliphatic carbocycles. The van der Waals surface area contributed by atoms with Crippen LogP contribution in [0, 0.1) is 0 Å². The second-order valence-electron chi connectivity index (χ2n) is 3.37. The van der Waals surface area contributed by atoms with Crippen LogP contribution in [0.1, 0.15) is 39.0 Å². The molecule has 0 fully saturated rings. The van der Waals surface area contributed by atoms with E-state index in [4.69, 9.17) is 10.2 Å². The molecule has 0 heterocycles. The molecular weight excluding hydrogens is 204 g/mol. The van der Waals surface area contributed by atoms with Gasteiger partial charge in [-0.25, -0.2) is 0 Å². The summed E-state index contributed by atoms with van der Waals surface area (Å²) in [6.45, 7) is 1.89. The van der Waals surface area contributed by atoms with Gasteiger partial charge in [0.2, 0.25) is 0 Å². The van der Waals surface area contributed by atoms with Gasteiger partial charge in [0.05, 0.1) is 0 Å². The molecule has 0 spiro atoms. The lowest BCUT2D eigenvalue weighted by Gasteiger charge is -2.25. The average Bonchev–Trinajstić information content (AvgIpc) is 2.11. The lowest BCUT2D eigenvalue weighted by atomic mass is 9.94. The summed E-state index contributed by atoms with van der Waals surface area (Å²) in [5.74, 6) is -1.74. The van der Waals surface area contributed by atoms with Crippen molar-refractivity contribution in [2.75, 3.05) is 0 Å². The van der Waals surface area contributed by atoms with Crippen LogP contribution in [0.3, 0.4) is 0 Å². The normalized spacial score (nSPS) is 11.3. The molecule has 0 aromatic heterocycles. The zero-order valence-corrected chi connectivity index (χ0v) is 9.09. The second-order valence-corrected chi connectivity index (χ2v) is 4.31. The quantitative estimate of drug-likeness (QED) is 0.572. The molecule has 0 amide bonds. The second kappa shape index (κ2) is 5.90. The van der Waals surface area contributed by atoms with E-state index in [2.05, 4.69) is 12.6 Å². The van der Waals surface area contributed by atoms with Crippen molar-refractivity contribution in [2.24, 2.45) is 0 Å². The van der Waals surface area contributed by atoms with E-state index in [9.17, 15) is 9.59 Å². The van der Waals surface area contributed by atoms with E-state index in [0.29, 0.717) is 19.3 Å². The molecule has 5 heteroatoms. The number of carboxylic acid groups (broad SMARTS) is 2. The van der Waals surface area contributed by atoms with Crippen molar-refractivity contribution >= 4 is 24.6 Å². The predicted octanol–water partition coefficient (Wildman–Crippen LogP) is 1.79. The Balaban J connectivity index is 4.03. The Hall–Kier alpha value is -0.710. The van der Waals surface area contributed by atoms with Gasteiger partial charge < -0.3 is 10.2 Å². The van der Waals surface area contributed by atoms with Crippen LogP contribution in [0.25, 0.3) is 0 Å². The van der Waals surface area contributed by atoms with Crippen LogP contribution in [-0.4, -0.2) is 26.9 Å². The maximum absolute atomic E-state index is 10.3. The summed E-state index contributed by atoms with van der Waals surface area (Å²) >= 11 is 4.34. The summed E-state index contributed by atoms with van der Waals surface area (Å²) in [6, 6.07) is 0. The van der Waals surface area contributed by atoms with Gasteiger partial charge in [0.1, 0.15) is 0 Å². The first-order valence-corrected chi connectivity index (χ1v) is 5.00. The molecule has 0 atom stereocenters. The Bertz CT molecular complexity index is 197. The Morgan fingerprint density at radius 1 is 1.14 bits per heavy atom. The first kappa shape index (κ1) is 13.3. The van der Waals surface area contributed by atoms with Gasteiger partial charge in [-0.3, -0.25) is 9.59 Å². The third-order valence-electron chi connectivity index (χ3n) is 2.27. The molecule has 0 aliphatic heterocycles. The van der Waals surface area contributed by atoms with Crippen molar-refractivity contribution in [2.45, 2.75) is 43.8 Å². The molecule has 0 unspecified atom stereocenters. The summed E-state index contributed by atoms with van der Waals surface area (Å²) in [5, 5.41) is 17.0. The Labute approximate surface area is 88.7 Å². The van der Waals surface area contributed by atoms with Gasteiger partial charge in [-0.05, 0) is 19.3 Å². The minimum Gasteiger partial charge on any atom is -0.481 e. The van der Waals surface area contributed by atoms with Crippen LogP contribution < -0.4 is 0 Å². The van der Waals surface area contributed by atoms with Crippen LogP contribution in [0.2, 0.25) is 0 Å². The highest BCUT2D eigenvalue weighted by Crippen LogP contribution is 2.30. The Morgan fingerprint density at radius 2 is 1.50 bits per heavy atom. The predicted molar refractivity (Wildman–Crippen MR) is 55.7 cm³/mol. The lowest BCUT2D eigenvalue weighted by molar-refractivity contribution is -0.137. The standard InChI is InChI=1S/C9H16O4S/c1-2-9(14,5-3-7(10)11)6-4-8(12)13/h14H,2-6H2,1H3,(H,10,11)(H,12,13). The molecule has 0 aromatic carbocycles. The number of hydrogen-bond donors (Lipinski definition) is 3. The van der Waals surface area contributed by atoms with Crippen LogP contribution in [0.15, 0.2) is 0 Å². The number of rotatable bonds is 7. The monoisotopic (exact) mass is 220 g/mol. The van der Waals surface area contributed by atoms with E-state index in [1.807, 2.05) is 6.92 Å². The lowest BCUT2D eigenvalue weighted by Crippen LogP contribution is -2.23. The largest absolute Gasteiger partial charge is 0.481 e. The summed E-state index contributed by atoms with van der Waals surface area (Å²) in [7, 11) is 0. The highest BCUT2D eigenvalue weighted by Gasteiger charge is 2.24. The summed E-state index contributed by atoms with van der Waals surface area (Å²) < 4.78 is -0.462. The summed E-state index contributed by atoms with van der Waals surface area (Å²) in [5.41, 5.74) is 0. The minimum atomic E-state index is -0.868. The van der Waals surface area contributed by atoms with Crippen LogP contribution in [-0.2, 0) is 9.59 Å². The summed E-state index contributed by atoms with van der Waals surface area (Å²) in [6.07, 6.45) is 1.58. The van der Waals surface area contributed by atoms with E-state index in [-0.39, 0.29) is 12.8 Å². The van der Waals surface area contributed by atoms with Gasteiger partial charge in [0.15, 0.2) is 0 Å². The van der Waals surface area contributed by atoms with Crippen molar-refractivity contribution < 1.29 is 19.8 Å². The maximum Gasteiger partial charge on any atom is 0.303 e. The highest BCUT2D eigenvalue weighted by molar-refractivity contribution is 7.81. The first-order chi connectivity index (χ1) is 6.39. The van der Waals surface area contributed by atoms with Crippen LogP contribution >= 0.6 is 12.6 Å². The fourth-order valence-electron chi connectivity index (χ4n) is 1.16. The molecule has 14 heavy (non-hydrogen) atoms. The molecule has 82 valence electrons. The molecule has 0 radical (unpaired) electrons. The van der Waals surface area contributed by atoms with E-state index >= 15 is 0 Å². The zero-order valence-electron chi connectivity index (χ0n) is 8.19. The number of thiol groups is 1. The van der Waals surface area contributed by atoms with Gasteiger partial charge in [0, 0.05) is 17.6 Å². The third kappa shape index (κ3) is 5.85.